The molecule has 1 aromatic heterocycles. The molecule has 0 bridgehead atoms. The van der Waals surface area contributed by atoms with Gasteiger partial charge in [-0.3, -0.25) is 4.79 Å². The fourth-order valence-electron chi connectivity index (χ4n) is 3.11. The van der Waals surface area contributed by atoms with Crippen LogP contribution in [0.25, 0.3) is 0 Å². The minimum absolute atomic E-state index is 0.00384. The smallest absolute Gasteiger partial charge is 0.270 e. The normalized spacial score (nSPS) is 14.8. The van der Waals surface area contributed by atoms with Gasteiger partial charge < -0.3 is 14.8 Å². The maximum atomic E-state index is 12.5. The topological polar surface area (TPSA) is 39.3 Å². The van der Waals surface area contributed by atoms with Crippen molar-refractivity contribution in [2.45, 2.75) is 25.8 Å². The van der Waals surface area contributed by atoms with Crippen LogP contribution in [-0.2, 0) is 6.54 Å². The summed E-state index contributed by atoms with van der Waals surface area (Å²) in [6.07, 6.45) is 5.60. The molecule has 0 spiro atoms. The molecular formula is C18H22BrN3O. The second kappa shape index (κ2) is 7.21. The average Bonchev–Trinajstić information content (AvgIpc) is 3.02. The summed E-state index contributed by atoms with van der Waals surface area (Å²) in [5, 5.41) is 0. The van der Waals surface area contributed by atoms with Crippen molar-refractivity contribution in [3.05, 3.63) is 52.3 Å². The van der Waals surface area contributed by atoms with Crippen molar-refractivity contribution in [1.29, 1.82) is 0 Å². The summed E-state index contributed by atoms with van der Waals surface area (Å²) >= 11 is 3.37. The van der Waals surface area contributed by atoms with Crippen molar-refractivity contribution < 1.29 is 4.79 Å². The number of aromatic nitrogens is 1. The van der Waals surface area contributed by atoms with Crippen LogP contribution in [0.3, 0.4) is 0 Å². The summed E-state index contributed by atoms with van der Waals surface area (Å²) in [5.74, 6) is 0.00384. The van der Waals surface area contributed by atoms with Crippen LogP contribution in [0, 0.1) is 0 Å². The molecule has 0 aliphatic carbocycles. The van der Waals surface area contributed by atoms with Gasteiger partial charge in [0.25, 0.3) is 5.91 Å². The number of hydrogen-bond donors (Lipinski definition) is 1. The monoisotopic (exact) mass is 375 g/mol. The fourth-order valence-corrected chi connectivity index (χ4v) is 3.46. The summed E-state index contributed by atoms with van der Waals surface area (Å²) in [7, 11) is 1.85. The van der Waals surface area contributed by atoms with E-state index in [0.717, 1.165) is 17.6 Å². The Morgan fingerprint density at radius 2 is 2.00 bits per heavy atom. The van der Waals surface area contributed by atoms with Gasteiger partial charge in [0, 0.05) is 43.0 Å². The van der Waals surface area contributed by atoms with Gasteiger partial charge in [0.15, 0.2) is 0 Å². The number of H-pyrrole nitrogens is 1. The maximum absolute atomic E-state index is 12.5. The number of halogens is 1. The standard InChI is InChI=1S/C18H22BrN3O/c1-21(18(23)16-11-15(19)12-20-16)13-14-7-3-4-8-17(14)22-9-5-2-6-10-22/h3-4,7-8,11-12,20H,2,5-6,9-10,13H2,1H3. The van der Waals surface area contributed by atoms with E-state index >= 15 is 0 Å². The SMILES string of the molecule is CN(Cc1ccccc1N1CCCCC1)C(=O)c1cc(Br)c[nH]1. The molecule has 1 aromatic carbocycles. The molecule has 0 saturated carbocycles. The van der Waals surface area contributed by atoms with Gasteiger partial charge in [0.1, 0.15) is 5.69 Å². The molecule has 1 aliphatic rings. The molecule has 23 heavy (non-hydrogen) atoms. The second-order valence-electron chi connectivity index (χ2n) is 6.07. The molecule has 0 atom stereocenters. The molecule has 1 saturated heterocycles. The lowest BCUT2D eigenvalue weighted by atomic mass is 10.1. The molecule has 122 valence electrons. The molecule has 1 amide bonds. The Morgan fingerprint density at radius 1 is 1.26 bits per heavy atom. The first-order valence-electron chi connectivity index (χ1n) is 8.07. The summed E-state index contributed by atoms with van der Waals surface area (Å²) in [5.41, 5.74) is 3.07. The number of anilines is 1. The van der Waals surface area contributed by atoms with E-state index in [9.17, 15) is 4.79 Å². The molecule has 2 heterocycles. The number of carbonyl (C=O) groups is 1. The molecule has 1 N–H and O–H groups in total. The van der Waals surface area contributed by atoms with E-state index in [-0.39, 0.29) is 5.91 Å². The van der Waals surface area contributed by atoms with Gasteiger partial charge in [-0.05, 0) is 52.9 Å². The van der Waals surface area contributed by atoms with Crippen molar-refractivity contribution >= 4 is 27.5 Å². The minimum atomic E-state index is 0.00384. The van der Waals surface area contributed by atoms with Gasteiger partial charge >= 0.3 is 0 Å². The lowest BCUT2D eigenvalue weighted by Crippen LogP contribution is -2.32. The Hall–Kier alpha value is -1.75. The number of aromatic amines is 1. The summed E-state index contributed by atoms with van der Waals surface area (Å²) in [6, 6.07) is 10.2. The van der Waals surface area contributed by atoms with Gasteiger partial charge in [-0.15, -0.1) is 0 Å². The summed E-state index contributed by atoms with van der Waals surface area (Å²) in [4.78, 5) is 19.7. The zero-order valence-corrected chi connectivity index (χ0v) is 15.0. The molecule has 5 heteroatoms. The zero-order chi connectivity index (χ0) is 16.2. The molecule has 1 aliphatic heterocycles. The highest BCUT2D eigenvalue weighted by molar-refractivity contribution is 9.10. The summed E-state index contributed by atoms with van der Waals surface area (Å²) in [6.45, 7) is 2.83. The Balaban J connectivity index is 1.75. The van der Waals surface area contributed by atoms with E-state index in [1.54, 1.807) is 11.1 Å². The van der Waals surface area contributed by atoms with Crippen LogP contribution in [0.15, 0.2) is 41.0 Å². The van der Waals surface area contributed by atoms with E-state index in [4.69, 9.17) is 0 Å². The largest absolute Gasteiger partial charge is 0.371 e. The Morgan fingerprint density at radius 3 is 2.70 bits per heavy atom. The first kappa shape index (κ1) is 16.1. The number of nitrogens with zero attached hydrogens (tertiary/aromatic N) is 2. The number of para-hydroxylation sites is 1. The molecule has 0 unspecified atom stereocenters. The molecule has 2 aromatic rings. The van der Waals surface area contributed by atoms with Gasteiger partial charge in [-0.25, -0.2) is 0 Å². The molecule has 3 rings (SSSR count). The van der Waals surface area contributed by atoms with Gasteiger partial charge in [-0.2, -0.15) is 0 Å². The third-order valence-corrected chi connectivity index (χ3v) is 4.78. The van der Waals surface area contributed by atoms with Crippen LogP contribution in [-0.4, -0.2) is 35.9 Å². The van der Waals surface area contributed by atoms with Crippen LogP contribution in [0.4, 0.5) is 5.69 Å². The highest BCUT2D eigenvalue weighted by Gasteiger charge is 2.18. The first-order chi connectivity index (χ1) is 11.1. The quantitative estimate of drug-likeness (QED) is 0.875. The van der Waals surface area contributed by atoms with E-state index in [1.807, 2.05) is 19.2 Å². The highest BCUT2D eigenvalue weighted by atomic mass is 79.9. The Labute approximate surface area is 145 Å². The van der Waals surface area contributed by atoms with E-state index in [0.29, 0.717) is 12.2 Å². The second-order valence-corrected chi connectivity index (χ2v) is 6.98. The first-order valence-corrected chi connectivity index (χ1v) is 8.86. The van der Waals surface area contributed by atoms with Crippen LogP contribution in [0.1, 0.15) is 35.3 Å². The molecule has 4 nitrogen and oxygen atoms in total. The number of piperidine rings is 1. The van der Waals surface area contributed by atoms with Crippen LogP contribution < -0.4 is 4.90 Å². The molecule has 0 radical (unpaired) electrons. The van der Waals surface area contributed by atoms with Crippen LogP contribution >= 0.6 is 15.9 Å². The highest BCUT2D eigenvalue weighted by Crippen LogP contribution is 2.25. The predicted molar refractivity (Wildman–Crippen MR) is 96.8 cm³/mol. The fraction of sp³-hybridized carbons (Fsp3) is 0.389. The Kier molecular flexibility index (Phi) is 5.06. The average molecular weight is 376 g/mol. The molecule has 1 fully saturated rings. The number of benzene rings is 1. The van der Waals surface area contributed by atoms with Gasteiger partial charge in [0.05, 0.1) is 0 Å². The van der Waals surface area contributed by atoms with E-state index < -0.39 is 0 Å². The van der Waals surface area contributed by atoms with E-state index in [1.165, 1.54) is 30.5 Å². The van der Waals surface area contributed by atoms with E-state index in [2.05, 4.69) is 44.0 Å². The number of rotatable bonds is 4. The predicted octanol–water partition coefficient (Wildman–Crippen LogP) is 4.04. The van der Waals surface area contributed by atoms with Crippen molar-refractivity contribution in [2.24, 2.45) is 0 Å². The van der Waals surface area contributed by atoms with Crippen LogP contribution in [0.5, 0.6) is 0 Å². The van der Waals surface area contributed by atoms with Crippen molar-refractivity contribution in [3.8, 4) is 0 Å². The third-order valence-electron chi connectivity index (χ3n) is 4.32. The number of carbonyl (C=O) groups excluding carboxylic acids is 1. The minimum Gasteiger partial charge on any atom is -0.371 e. The number of nitrogens with one attached hydrogen (secondary N) is 1. The maximum Gasteiger partial charge on any atom is 0.270 e. The zero-order valence-electron chi connectivity index (χ0n) is 13.4. The third kappa shape index (κ3) is 3.78. The van der Waals surface area contributed by atoms with Crippen molar-refractivity contribution in [1.82, 2.24) is 9.88 Å². The number of hydrogen-bond acceptors (Lipinski definition) is 2. The van der Waals surface area contributed by atoms with Crippen LogP contribution in [0.2, 0.25) is 0 Å². The molecular weight excluding hydrogens is 354 g/mol. The van der Waals surface area contributed by atoms with Gasteiger partial charge in [-0.1, -0.05) is 18.2 Å². The van der Waals surface area contributed by atoms with Gasteiger partial charge in [0.2, 0.25) is 0 Å². The summed E-state index contributed by atoms with van der Waals surface area (Å²) < 4.78 is 0.892. The lowest BCUT2D eigenvalue weighted by Gasteiger charge is -2.31. The Bertz CT molecular complexity index is 676. The van der Waals surface area contributed by atoms with Crippen molar-refractivity contribution in [2.75, 3.05) is 25.0 Å². The van der Waals surface area contributed by atoms with Crippen molar-refractivity contribution in [3.63, 3.8) is 0 Å². The lowest BCUT2D eigenvalue weighted by molar-refractivity contribution is 0.0780. The number of amides is 1.